The van der Waals surface area contributed by atoms with Crippen LogP contribution < -0.4 is 4.74 Å². The molecule has 2 aliphatic rings. The molecule has 0 aromatic heterocycles. The molecule has 1 aliphatic carbocycles. The van der Waals surface area contributed by atoms with E-state index >= 15 is 0 Å². The summed E-state index contributed by atoms with van der Waals surface area (Å²) >= 11 is 0. The van der Waals surface area contributed by atoms with Crippen molar-refractivity contribution in [2.24, 2.45) is 0 Å². The van der Waals surface area contributed by atoms with E-state index in [0.29, 0.717) is 19.2 Å². The summed E-state index contributed by atoms with van der Waals surface area (Å²) in [5.41, 5.74) is -1.19. The Morgan fingerprint density at radius 3 is 2.48 bits per heavy atom. The van der Waals surface area contributed by atoms with E-state index in [-0.39, 0.29) is 19.0 Å². The molecule has 1 aromatic carbocycles. The Bertz CT molecular complexity index is 543. The second-order valence-corrected chi connectivity index (χ2v) is 7.29. The van der Waals surface area contributed by atoms with Crippen LogP contribution in [0, 0.1) is 11.6 Å². The lowest BCUT2D eigenvalue weighted by atomic mass is 10.0. The number of ether oxygens (including phenoxy) is 2. The molecular weight excluding hydrogens is 328 g/mol. The van der Waals surface area contributed by atoms with Crippen LogP contribution in [0.25, 0.3) is 0 Å². The Labute approximate surface area is 147 Å². The van der Waals surface area contributed by atoms with Gasteiger partial charge in [-0.1, -0.05) is 25.7 Å². The normalized spacial score (nSPS) is 26.8. The van der Waals surface area contributed by atoms with Crippen molar-refractivity contribution >= 4 is 0 Å². The van der Waals surface area contributed by atoms with Crippen LogP contribution in [-0.2, 0) is 4.74 Å². The van der Waals surface area contributed by atoms with Gasteiger partial charge >= 0.3 is 0 Å². The third-order valence-corrected chi connectivity index (χ3v) is 5.08. The smallest absolute Gasteiger partial charge is 0.134 e. The SMILES string of the molecule is OC1(COc2cc(F)cc(F)c2)COCCN(C2CCCCCC2)C1. The second kappa shape index (κ2) is 8.43. The highest BCUT2D eigenvalue weighted by atomic mass is 19.1. The van der Waals surface area contributed by atoms with E-state index in [1.807, 2.05) is 0 Å². The van der Waals surface area contributed by atoms with Crippen LogP contribution in [0.4, 0.5) is 8.78 Å². The van der Waals surface area contributed by atoms with E-state index in [1.54, 1.807) is 0 Å². The zero-order valence-electron chi connectivity index (χ0n) is 14.6. The molecule has 6 heteroatoms. The van der Waals surface area contributed by atoms with Gasteiger partial charge in [0.2, 0.25) is 0 Å². The number of hydrogen-bond donors (Lipinski definition) is 1. The maximum Gasteiger partial charge on any atom is 0.134 e. The van der Waals surface area contributed by atoms with E-state index in [2.05, 4.69) is 4.90 Å². The summed E-state index contributed by atoms with van der Waals surface area (Å²) in [7, 11) is 0. The van der Waals surface area contributed by atoms with Gasteiger partial charge in [-0.25, -0.2) is 8.78 Å². The summed E-state index contributed by atoms with van der Waals surface area (Å²) in [6, 6.07) is 3.49. The molecule has 1 heterocycles. The van der Waals surface area contributed by atoms with Crippen molar-refractivity contribution < 1.29 is 23.4 Å². The van der Waals surface area contributed by atoms with Crippen molar-refractivity contribution in [3.8, 4) is 5.75 Å². The molecule has 0 spiro atoms. The van der Waals surface area contributed by atoms with Gasteiger partial charge in [0, 0.05) is 37.3 Å². The zero-order valence-corrected chi connectivity index (χ0v) is 14.6. The van der Waals surface area contributed by atoms with Crippen molar-refractivity contribution in [3.05, 3.63) is 29.8 Å². The van der Waals surface area contributed by atoms with Gasteiger partial charge in [0.1, 0.15) is 29.6 Å². The Hall–Kier alpha value is -1.24. The number of halogens is 2. The summed E-state index contributed by atoms with van der Waals surface area (Å²) in [5.74, 6) is -1.31. The number of β-amino-alcohol motifs (C(OH)–C–C–N with tert-alkyl or cyclic N) is 1. The average molecular weight is 355 g/mol. The first-order valence-electron chi connectivity index (χ1n) is 9.17. The molecule has 1 unspecified atom stereocenters. The first kappa shape index (κ1) is 18.5. The Balaban J connectivity index is 1.63. The van der Waals surface area contributed by atoms with Crippen molar-refractivity contribution in [2.45, 2.75) is 50.2 Å². The molecule has 2 fully saturated rings. The molecule has 0 radical (unpaired) electrons. The summed E-state index contributed by atoms with van der Waals surface area (Å²) in [6.45, 7) is 1.93. The lowest BCUT2D eigenvalue weighted by Gasteiger charge is -2.35. The molecule has 1 atom stereocenters. The standard InChI is InChI=1S/C19H27F2NO3/c20-15-9-16(21)11-18(10-15)25-14-19(23)12-22(7-8-24-13-19)17-5-3-1-2-4-6-17/h9-11,17,23H,1-8,12-14H2. The van der Waals surface area contributed by atoms with E-state index in [9.17, 15) is 13.9 Å². The molecule has 140 valence electrons. The molecule has 1 saturated carbocycles. The predicted molar refractivity (Wildman–Crippen MR) is 90.7 cm³/mol. The van der Waals surface area contributed by atoms with Crippen LogP contribution in [0.2, 0.25) is 0 Å². The molecule has 1 saturated heterocycles. The van der Waals surface area contributed by atoms with E-state index < -0.39 is 17.2 Å². The third kappa shape index (κ3) is 5.36. The van der Waals surface area contributed by atoms with Gasteiger partial charge in [0.25, 0.3) is 0 Å². The van der Waals surface area contributed by atoms with Gasteiger partial charge in [-0.15, -0.1) is 0 Å². The molecule has 1 aliphatic heterocycles. The van der Waals surface area contributed by atoms with Crippen LogP contribution in [0.3, 0.4) is 0 Å². The highest BCUT2D eigenvalue weighted by molar-refractivity contribution is 5.24. The highest BCUT2D eigenvalue weighted by Crippen LogP contribution is 2.25. The number of nitrogens with zero attached hydrogens (tertiary/aromatic N) is 1. The molecule has 0 amide bonds. The molecule has 0 bridgehead atoms. The number of benzene rings is 1. The molecule has 25 heavy (non-hydrogen) atoms. The number of aliphatic hydroxyl groups is 1. The minimum atomic E-state index is -1.19. The molecular formula is C19H27F2NO3. The molecule has 1 aromatic rings. The Morgan fingerprint density at radius 2 is 1.80 bits per heavy atom. The van der Waals surface area contributed by atoms with Gasteiger partial charge in [0.15, 0.2) is 0 Å². The largest absolute Gasteiger partial charge is 0.490 e. The Kier molecular flexibility index (Phi) is 6.25. The van der Waals surface area contributed by atoms with Gasteiger partial charge in [-0.05, 0) is 12.8 Å². The number of hydrogen-bond acceptors (Lipinski definition) is 4. The quantitative estimate of drug-likeness (QED) is 0.843. The number of rotatable bonds is 4. The van der Waals surface area contributed by atoms with Crippen LogP contribution in [0.5, 0.6) is 5.75 Å². The van der Waals surface area contributed by atoms with Crippen molar-refractivity contribution in [1.82, 2.24) is 4.90 Å². The average Bonchev–Trinajstić information content (AvgIpc) is 2.93. The highest BCUT2D eigenvalue weighted by Gasteiger charge is 2.36. The maximum atomic E-state index is 13.3. The third-order valence-electron chi connectivity index (χ3n) is 5.08. The topological polar surface area (TPSA) is 41.9 Å². The fourth-order valence-electron chi connectivity index (χ4n) is 3.80. The summed E-state index contributed by atoms with van der Waals surface area (Å²) in [4.78, 5) is 2.30. The minimum Gasteiger partial charge on any atom is -0.490 e. The fourth-order valence-corrected chi connectivity index (χ4v) is 3.80. The lowest BCUT2D eigenvalue weighted by molar-refractivity contribution is -0.0676. The van der Waals surface area contributed by atoms with Crippen molar-refractivity contribution in [2.75, 3.05) is 32.9 Å². The van der Waals surface area contributed by atoms with E-state index in [1.165, 1.54) is 25.7 Å². The minimum absolute atomic E-state index is 0.0564. The first-order valence-corrected chi connectivity index (χ1v) is 9.17. The van der Waals surface area contributed by atoms with Crippen molar-refractivity contribution in [3.63, 3.8) is 0 Å². The molecule has 4 nitrogen and oxygen atoms in total. The van der Waals surface area contributed by atoms with E-state index in [4.69, 9.17) is 9.47 Å². The molecule has 3 rings (SSSR count). The van der Waals surface area contributed by atoms with Crippen LogP contribution in [0.15, 0.2) is 18.2 Å². The van der Waals surface area contributed by atoms with Gasteiger partial charge < -0.3 is 14.6 Å². The second-order valence-electron chi connectivity index (χ2n) is 7.29. The van der Waals surface area contributed by atoms with Crippen LogP contribution in [-0.4, -0.2) is 54.6 Å². The lowest BCUT2D eigenvalue weighted by Crippen LogP contribution is -2.51. The Morgan fingerprint density at radius 1 is 1.12 bits per heavy atom. The van der Waals surface area contributed by atoms with Crippen molar-refractivity contribution in [1.29, 1.82) is 0 Å². The van der Waals surface area contributed by atoms with Gasteiger partial charge in [-0.3, -0.25) is 4.90 Å². The zero-order chi connectivity index (χ0) is 17.7. The van der Waals surface area contributed by atoms with Crippen LogP contribution >= 0.6 is 0 Å². The van der Waals surface area contributed by atoms with Crippen LogP contribution in [0.1, 0.15) is 38.5 Å². The molecule has 1 N–H and O–H groups in total. The van der Waals surface area contributed by atoms with E-state index in [0.717, 1.165) is 37.6 Å². The first-order chi connectivity index (χ1) is 12.0. The fraction of sp³-hybridized carbons (Fsp3) is 0.684. The monoisotopic (exact) mass is 355 g/mol. The summed E-state index contributed by atoms with van der Waals surface area (Å²) in [6.07, 6.45) is 7.29. The summed E-state index contributed by atoms with van der Waals surface area (Å²) < 4.78 is 37.6. The summed E-state index contributed by atoms with van der Waals surface area (Å²) in [5, 5.41) is 10.9. The predicted octanol–water partition coefficient (Wildman–Crippen LogP) is 3.13. The maximum absolute atomic E-state index is 13.3. The van der Waals surface area contributed by atoms with Gasteiger partial charge in [0.05, 0.1) is 13.2 Å². The van der Waals surface area contributed by atoms with Gasteiger partial charge in [-0.2, -0.15) is 0 Å².